The molecule has 0 aliphatic carbocycles. The number of rotatable bonds is 4. The van der Waals surface area contributed by atoms with E-state index in [4.69, 9.17) is 0 Å². The number of amides is 1. The first kappa shape index (κ1) is 17.9. The highest BCUT2D eigenvalue weighted by Crippen LogP contribution is 2.38. The van der Waals surface area contributed by atoms with E-state index in [1.54, 1.807) is 23.7 Å². The lowest BCUT2D eigenvalue weighted by Crippen LogP contribution is -2.44. The Kier molecular flexibility index (Phi) is 5.69. The van der Waals surface area contributed by atoms with E-state index in [0.29, 0.717) is 18.7 Å². The molecule has 4 nitrogen and oxygen atoms in total. The predicted octanol–water partition coefficient (Wildman–Crippen LogP) is 3.77. The lowest BCUT2D eigenvalue weighted by atomic mass is 10.2. The molecule has 128 valence electrons. The van der Waals surface area contributed by atoms with E-state index in [9.17, 15) is 10.1 Å². The van der Waals surface area contributed by atoms with Crippen LogP contribution in [-0.2, 0) is 4.79 Å². The molecule has 1 aliphatic heterocycles. The molecule has 0 spiro atoms. The molecule has 2 aromatic rings. The van der Waals surface area contributed by atoms with Crippen LogP contribution in [0.4, 0.5) is 0 Å². The number of hydrogen-bond acceptors (Lipinski definition) is 5. The smallest absolute Gasteiger partial charge is 0.235 e. The van der Waals surface area contributed by atoms with Crippen molar-refractivity contribution in [2.24, 2.45) is 0 Å². The Labute approximate surface area is 156 Å². The topological polar surface area (TPSA) is 56.1 Å². The van der Waals surface area contributed by atoms with E-state index in [1.807, 2.05) is 22.5 Å². The second kappa shape index (κ2) is 7.96. The first-order chi connectivity index (χ1) is 12.0. The molecule has 1 amide bonds. The van der Waals surface area contributed by atoms with Gasteiger partial charge in [-0.2, -0.15) is 5.26 Å². The van der Waals surface area contributed by atoms with Crippen molar-refractivity contribution in [3.63, 3.8) is 0 Å². The van der Waals surface area contributed by atoms with Gasteiger partial charge in [-0.25, -0.2) is 4.31 Å². The third-order valence-corrected chi connectivity index (χ3v) is 6.01. The van der Waals surface area contributed by atoms with Gasteiger partial charge < -0.3 is 5.32 Å². The second-order valence-corrected chi connectivity index (χ2v) is 8.26. The van der Waals surface area contributed by atoms with Crippen molar-refractivity contribution in [3.05, 3.63) is 53.1 Å². The van der Waals surface area contributed by atoms with Gasteiger partial charge >= 0.3 is 0 Å². The minimum Gasteiger partial charge on any atom is -0.354 e. The van der Waals surface area contributed by atoms with Crippen LogP contribution in [0.15, 0.2) is 51.1 Å². The zero-order chi connectivity index (χ0) is 17.8. The van der Waals surface area contributed by atoms with E-state index in [0.717, 1.165) is 16.3 Å². The van der Waals surface area contributed by atoms with Crippen LogP contribution in [0.25, 0.3) is 0 Å². The lowest BCUT2D eigenvalue weighted by molar-refractivity contribution is -0.122. The van der Waals surface area contributed by atoms with E-state index in [-0.39, 0.29) is 5.91 Å². The van der Waals surface area contributed by atoms with Crippen LogP contribution in [0.1, 0.15) is 16.7 Å². The highest BCUT2D eigenvalue weighted by Gasteiger charge is 2.19. The standard InChI is InChI=1S/C19H19N3OS2/c1-13-7-14(2)9-16(8-13)24-17-4-3-15(11-20)10-18(17)25-22-6-5-21-19(23)12-22/h3-4,7-10H,5-6,12H2,1-2H3,(H,21,23). The zero-order valence-electron chi connectivity index (χ0n) is 14.2. The van der Waals surface area contributed by atoms with Gasteiger partial charge in [-0.1, -0.05) is 17.8 Å². The third kappa shape index (κ3) is 4.79. The highest BCUT2D eigenvalue weighted by atomic mass is 32.2. The first-order valence-corrected chi connectivity index (χ1v) is 9.62. The number of hydrogen-bond donors (Lipinski definition) is 1. The van der Waals surface area contributed by atoms with Crippen molar-refractivity contribution in [1.82, 2.24) is 9.62 Å². The SMILES string of the molecule is Cc1cc(C)cc(Sc2ccc(C#N)cc2SN2CCNC(=O)C2)c1. The van der Waals surface area contributed by atoms with Crippen LogP contribution in [0, 0.1) is 25.2 Å². The zero-order valence-corrected chi connectivity index (χ0v) is 15.8. The Morgan fingerprint density at radius 1 is 1.12 bits per heavy atom. The molecule has 1 saturated heterocycles. The number of piperazine rings is 1. The maximum absolute atomic E-state index is 11.6. The van der Waals surface area contributed by atoms with Crippen LogP contribution in [0.2, 0.25) is 0 Å². The molecule has 0 radical (unpaired) electrons. The van der Waals surface area contributed by atoms with Gasteiger partial charge in [0.25, 0.3) is 0 Å². The van der Waals surface area contributed by atoms with Gasteiger partial charge in [-0.3, -0.25) is 4.79 Å². The fourth-order valence-electron chi connectivity index (χ4n) is 2.68. The fraction of sp³-hybridized carbons (Fsp3) is 0.263. The molecule has 25 heavy (non-hydrogen) atoms. The van der Waals surface area contributed by atoms with Crippen molar-refractivity contribution in [1.29, 1.82) is 5.26 Å². The number of carbonyl (C=O) groups excluding carboxylic acids is 1. The van der Waals surface area contributed by atoms with Gasteiger partial charge in [0.05, 0.1) is 18.2 Å². The van der Waals surface area contributed by atoms with Crippen LogP contribution in [-0.4, -0.2) is 29.8 Å². The summed E-state index contributed by atoms with van der Waals surface area (Å²) in [4.78, 5) is 14.9. The largest absolute Gasteiger partial charge is 0.354 e. The molecule has 0 bridgehead atoms. The highest BCUT2D eigenvalue weighted by molar-refractivity contribution is 8.01. The minimum atomic E-state index is 0.0405. The van der Waals surface area contributed by atoms with Gasteiger partial charge in [0.2, 0.25) is 5.91 Å². The summed E-state index contributed by atoms with van der Waals surface area (Å²) in [7, 11) is 0. The molecule has 1 N–H and O–H groups in total. The molecule has 2 aromatic carbocycles. The molecule has 0 aromatic heterocycles. The monoisotopic (exact) mass is 369 g/mol. The Morgan fingerprint density at radius 2 is 1.88 bits per heavy atom. The third-order valence-electron chi connectivity index (χ3n) is 3.73. The van der Waals surface area contributed by atoms with E-state index < -0.39 is 0 Å². The fourth-order valence-corrected chi connectivity index (χ4v) is 4.94. The molecular weight excluding hydrogens is 350 g/mol. The van der Waals surface area contributed by atoms with Gasteiger partial charge in [0.15, 0.2) is 0 Å². The van der Waals surface area contributed by atoms with Crippen LogP contribution in [0.5, 0.6) is 0 Å². The summed E-state index contributed by atoms with van der Waals surface area (Å²) in [5.74, 6) is 0.0405. The van der Waals surface area contributed by atoms with Crippen molar-refractivity contribution in [2.75, 3.05) is 19.6 Å². The van der Waals surface area contributed by atoms with Crippen molar-refractivity contribution in [3.8, 4) is 6.07 Å². The Morgan fingerprint density at radius 3 is 2.56 bits per heavy atom. The Bertz CT molecular complexity index is 825. The lowest BCUT2D eigenvalue weighted by Gasteiger charge is -2.26. The van der Waals surface area contributed by atoms with E-state index in [1.165, 1.54) is 16.0 Å². The average molecular weight is 370 g/mol. The molecule has 1 fully saturated rings. The quantitative estimate of drug-likeness (QED) is 0.832. The van der Waals surface area contributed by atoms with Gasteiger partial charge in [-0.05, 0) is 67.3 Å². The number of carbonyl (C=O) groups is 1. The number of nitrogens with zero attached hydrogens (tertiary/aromatic N) is 2. The van der Waals surface area contributed by atoms with Crippen molar-refractivity contribution < 1.29 is 4.79 Å². The number of benzene rings is 2. The predicted molar refractivity (Wildman–Crippen MR) is 102 cm³/mol. The summed E-state index contributed by atoms with van der Waals surface area (Å²) in [6, 6.07) is 14.4. The molecule has 3 rings (SSSR count). The van der Waals surface area contributed by atoms with Gasteiger partial charge in [-0.15, -0.1) is 0 Å². The van der Waals surface area contributed by atoms with Crippen molar-refractivity contribution >= 4 is 29.6 Å². The molecule has 0 unspecified atom stereocenters. The summed E-state index contributed by atoms with van der Waals surface area (Å²) in [5.41, 5.74) is 3.10. The summed E-state index contributed by atoms with van der Waals surface area (Å²) in [6.45, 7) is 6.01. The average Bonchev–Trinajstić information content (AvgIpc) is 2.55. The van der Waals surface area contributed by atoms with Gasteiger partial charge in [0.1, 0.15) is 0 Å². The van der Waals surface area contributed by atoms with E-state index in [2.05, 4.69) is 43.4 Å². The van der Waals surface area contributed by atoms with E-state index >= 15 is 0 Å². The number of aryl methyl sites for hydroxylation is 2. The molecule has 1 heterocycles. The summed E-state index contributed by atoms with van der Waals surface area (Å²) in [6.07, 6.45) is 0. The van der Waals surface area contributed by atoms with Crippen LogP contribution < -0.4 is 5.32 Å². The Balaban J connectivity index is 1.87. The van der Waals surface area contributed by atoms with Crippen molar-refractivity contribution in [2.45, 2.75) is 28.5 Å². The molecule has 1 aliphatic rings. The maximum Gasteiger partial charge on any atom is 0.235 e. The molecule has 0 atom stereocenters. The summed E-state index contributed by atoms with van der Waals surface area (Å²) in [5, 5.41) is 12.1. The summed E-state index contributed by atoms with van der Waals surface area (Å²) < 4.78 is 2.04. The van der Waals surface area contributed by atoms with Gasteiger partial charge in [0, 0.05) is 27.8 Å². The number of nitrogens with one attached hydrogen (secondary N) is 1. The minimum absolute atomic E-state index is 0.0405. The second-order valence-electron chi connectivity index (χ2n) is 6.00. The molecule has 0 saturated carbocycles. The number of nitriles is 1. The molecule has 6 heteroatoms. The molecular formula is C19H19N3OS2. The normalized spacial score (nSPS) is 14.8. The maximum atomic E-state index is 11.6. The van der Waals surface area contributed by atoms with Crippen LogP contribution in [0.3, 0.4) is 0 Å². The summed E-state index contributed by atoms with van der Waals surface area (Å²) >= 11 is 3.25. The first-order valence-electron chi connectivity index (χ1n) is 8.03. The Hall–Kier alpha value is -1.94. The van der Waals surface area contributed by atoms with Crippen LogP contribution >= 0.6 is 23.7 Å².